The van der Waals surface area contributed by atoms with Gasteiger partial charge in [-0.15, -0.1) is 0 Å². The summed E-state index contributed by atoms with van der Waals surface area (Å²) in [4.78, 5) is 26.8. The number of halogens is 2. The van der Waals surface area contributed by atoms with E-state index in [9.17, 15) is 14.0 Å². The molecule has 1 fully saturated rings. The smallest absolute Gasteiger partial charge is 0.255 e. The third-order valence-corrected chi connectivity index (χ3v) is 4.88. The first-order valence-corrected chi connectivity index (χ1v) is 9.61. The van der Waals surface area contributed by atoms with E-state index in [0.717, 1.165) is 12.8 Å². The van der Waals surface area contributed by atoms with Crippen LogP contribution in [-0.2, 0) is 11.3 Å². The lowest BCUT2D eigenvalue weighted by Gasteiger charge is -2.23. The van der Waals surface area contributed by atoms with Crippen molar-refractivity contribution in [1.82, 2.24) is 10.2 Å². The summed E-state index contributed by atoms with van der Waals surface area (Å²) in [7, 11) is 0. The Kier molecular flexibility index (Phi) is 6.52. The molecule has 28 heavy (non-hydrogen) atoms. The summed E-state index contributed by atoms with van der Waals surface area (Å²) >= 11 is 6.10. The van der Waals surface area contributed by atoms with Gasteiger partial charge < -0.3 is 15.0 Å². The number of carbonyl (C=O) groups excluding carboxylic acids is 2. The maximum absolute atomic E-state index is 14.1. The SMILES string of the molecule is CCOc1ccccc1C(=O)NCC(=O)N(Cc1c(F)cccc1Cl)C1CC1. The Hall–Kier alpha value is -2.60. The van der Waals surface area contributed by atoms with Gasteiger partial charge in [-0.25, -0.2) is 4.39 Å². The minimum Gasteiger partial charge on any atom is -0.493 e. The number of para-hydroxylation sites is 1. The monoisotopic (exact) mass is 404 g/mol. The molecular formula is C21H22ClFN2O3. The van der Waals surface area contributed by atoms with Crippen molar-refractivity contribution in [2.45, 2.75) is 32.4 Å². The second-order valence-corrected chi connectivity index (χ2v) is 6.97. The molecule has 7 heteroatoms. The van der Waals surface area contributed by atoms with Gasteiger partial charge in [0.05, 0.1) is 25.3 Å². The van der Waals surface area contributed by atoms with Crippen molar-refractivity contribution in [2.75, 3.05) is 13.2 Å². The largest absolute Gasteiger partial charge is 0.493 e. The van der Waals surface area contributed by atoms with Gasteiger partial charge >= 0.3 is 0 Å². The van der Waals surface area contributed by atoms with Gasteiger partial charge in [0.2, 0.25) is 5.91 Å². The number of rotatable bonds is 8. The van der Waals surface area contributed by atoms with Crippen LogP contribution in [0.15, 0.2) is 42.5 Å². The Morgan fingerprint density at radius 2 is 1.96 bits per heavy atom. The standard InChI is InChI=1S/C21H22ClFN2O3/c1-2-28-19-9-4-3-6-15(19)21(27)24-12-20(26)25(14-10-11-14)13-16-17(22)7-5-8-18(16)23/h3-9,14H,2,10-13H2,1H3,(H,24,27). The van der Waals surface area contributed by atoms with Crippen molar-refractivity contribution >= 4 is 23.4 Å². The van der Waals surface area contributed by atoms with Crippen molar-refractivity contribution in [3.8, 4) is 5.75 Å². The molecule has 148 valence electrons. The molecule has 1 N–H and O–H groups in total. The number of hydrogen-bond donors (Lipinski definition) is 1. The summed E-state index contributed by atoms with van der Waals surface area (Å²) in [6.07, 6.45) is 1.72. The molecule has 0 saturated heterocycles. The van der Waals surface area contributed by atoms with Crippen molar-refractivity contribution in [2.24, 2.45) is 0 Å². The molecule has 0 aliphatic heterocycles. The van der Waals surface area contributed by atoms with Crippen LogP contribution in [0.1, 0.15) is 35.7 Å². The van der Waals surface area contributed by atoms with E-state index < -0.39 is 11.7 Å². The van der Waals surface area contributed by atoms with Crippen molar-refractivity contribution in [3.63, 3.8) is 0 Å². The van der Waals surface area contributed by atoms with Crippen LogP contribution in [0.4, 0.5) is 4.39 Å². The minimum absolute atomic E-state index is 0.0517. The highest BCUT2D eigenvalue weighted by Gasteiger charge is 2.33. The molecular weight excluding hydrogens is 383 g/mol. The Bertz CT molecular complexity index is 850. The number of ether oxygens (including phenoxy) is 1. The van der Waals surface area contributed by atoms with E-state index in [1.165, 1.54) is 12.1 Å². The van der Waals surface area contributed by atoms with Crippen molar-refractivity contribution in [3.05, 3.63) is 64.4 Å². The molecule has 2 aromatic carbocycles. The lowest BCUT2D eigenvalue weighted by Crippen LogP contribution is -2.41. The van der Waals surface area contributed by atoms with Crippen LogP contribution < -0.4 is 10.1 Å². The highest BCUT2D eigenvalue weighted by atomic mass is 35.5. The van der Waals surface area contributed by atoms with E-state index in [1.54, 1.807) is 35.2 Å². The molecule has 1 aliphatic carbocycles. The number of amides is 2. The van der Waals surface area contributed by atoms with Gasteiger partial charge in [-0.1, -0.05) is 29.8 Å². The van der Waals surface area contributed by atoms with E-state index >= 15 is 0 Å². The predicted octanol–water partition coefficient (Wildman–Crippen LogP) is 3.80. The summed E-state index contributed by atoms with van der Waals surface area (Å²) in [5.41, 5.74) is 0.657. The molecule has 1 saturated carbocycles. The fourth-order valence-electron chi connectivity index (χ4n) is 2.95. The number of nitrogens with one attached hydrogen (secondary N) is 1. The minimum atomic E-state index is -0.444. The molecule has 1 aliphatic rings. The maximum Gasteiger partial charge on any atom is 0.255 e. The van der Waals surface area contributed by atoms with Gasteiger partial charge in [-0.05, 0) is 44.0 Å². The van der Waals surface area contributed by atoms with E-state index in [-0.39, 0.29) is 35.6 Å². The zero-order valence-corrected chi connectivity index (χ0v) is 16.3. The molecule has 0 bridgehead atoms. The Labute approximate surface area is 168 Å². The highest BCUT2D eigenvalue weighted by Crippen LogP contribution is 2.30. The molecule has 0 heterocycles. The van der Waals surface area contributed by atoms with Gasteiger partial charge in [0.25, 0.3) is 5.91 Å². The van der Waals surface area contributed by atoms with Crippen LogP contribution in [0.2, 0.25) is 5.02 Å². The van der Waals surface area contributed by atoms with Gasteiger partial charge in [0.15, 0.2) is 0 Å². The summed E-state index contributed by atoms with van der Waals surface area (Å²) < 4.78 is 19.6. The molecule has 5 nitrogen and oxygen atoms in total. The summed E-state index contributed by atoms with van der Waals surface area (Å²) in [5, 5.41) is 2.92. The van der Waals surface area contributed by atoms with Crippen molar-refractivity contribution < 1.29 is 18.7 Å². The average Bonchev–Trinajstić information content (AvgIpc) is 3.51. The lowest BCUT2D eigenvalue weighted by atomic mass is 10.2. The van der Waals surface area contributed by atoms with Crippen LogP contribution in [0.25, 0.3) is 0 Å². The second kappa shape index (κ2) is 9.06. The zero-order chi connectivity index (χ0) is 20.1. The van der Waals surface area contributed by atoms with Crippen LogP contribution in [0, 0.1) is 5.82 Å². The first kappa shape index (κ1) is 20.1. The topological polar surface area (TPSA) is 58.6 Å². The van der Waals surface area contributed by atoms with E-state index in [0.29, 0.717) is 17.9 Å². The quantitative estimate of drug-likeness (QED) is 0.728. The van der Waals surface area contributed by atoms with Crippen LogP contribution in [0.3, 0.4) is 0 Å². The van der Waals surface area contributed by atoms with E-state index in [4.69, 9.17) is 16.3 Å². The number of hydrogen-bond acceptors (Lipinski definition) is 3. The number of carbonyl (C=O) groups is 2. The Morgan fingerprint density at radius 1 is 1.21 bits per heavy atom. The molecule has 0 aromatic heterocycles. The Morgan fingerprint density at radius 3 is 2.64 bits per heavy atom. The maximum atomic E-state index is 14.1. The first-order valence-electron chi connectivity index (χ1n) is 9.23. The predicted molar refractivity (Wildman–Crippen MR) is 105 cm³/mol. The molecule has 2 aromatic rings. The van der Waals surface area contributed by atoms with E-state index in [2.05, 4.69) is 5.32 Å². The van der Waals surface area contributed by atoms with Crippen LogP contribution in [0.5, 0.6) is 5.75 Å². The molecule has 0 unspecified atom stereocenters. The van der Waals surface area contributed by atoms with Gasteiger partial charge in [0.1, 0.15) is 11.6 Å². The molecule has 2 amide bonds. The highest BCUT2D eigenvalue weighted by molar-refractivity contribution is 6.31. The summed E-state index contributed by atoms with van der Waals surface area (Å²) in [6, 6.07) is 11.4. The molecule has 0 spiro atoms. The van der Waals surface area contributed by atoms with Gasteiger partial charge in [-0.2, -0.15) is 0 Å². The summed E-state index contributed by atoms with van der Waals surface area (Å²) in [5.74, 6) is -0.645. The fourth-order valence-corrected chi connectivity index (χ4v) is 3.17. The van der Waals surface area contributed by atoms with Crippen molar-refractivity contribution in [1.29, 1.82) is 0 Å². The number of nitrogens with zero attached hydrogens (tertiary/aromatic N) is 1. The zero-order valence-electron chi connectivity index (χ0n) is 15.6. The normalized spacial score (nSPS) is 13.1. The molecule has 0 atom stereocenters. The van der Waals surface area contributed by atoms with Gasteiger partial charge in [-0.3, -0.25) is 9.59 Å². The van der Waals surface area contributed by atoms with Crippen LogP contribution in [-0.4, -0.2) is 35.9 Å². The summed E-state index contributed by atoms with van der Waals surface area (Å²) in [6.45, 7) is 2.17. The Balaban J connectivity index is 1.66. The third kappa shape index (κ3) is 4.81. The lowest BCUT2D eigenvalue weighted by molar-refractivity contribution is -0.131. The molecule has 0 radical (unpaired) electrons. The number of benzene rings is 2. The fraction of sp³-hybridized carbons (Fsp3) is 0.333. The van der Waals surface area contributed by atoms with Gasteiger partial charge in [0, 0.05) is 16.6 Å². The average molecular weight is 405 g/mol. The van der Waals surface area contributed by atoms with Crippen LogP contribution >= 0.6 is 11.6 Å². The second-order valence-electron chi connectivity index (χ2n) is 6.56. The third-order valence-electron chi connectivity index (χ3n) is 4.53. The molecule has 3 rings (SSSR count). The first-order chi connectivity index (χ1) is 13.5. The van der Waals surface area contributed by atoms with E-state index in [1.807, 2.05) is 6.92 Å².